The van der Waals surface area contributed by atoms with Crippen LogP contribution in [0.3, 0.4) is 0 Å². The number of nitrogens with one attached hydrogen (secondary N) is 1. The maximum Gasteiger partial charge on any atom is 0.321 e. The van der Waals surface area contributed by atoms with E-state index in [1.807, 2.05) is 6.92 Å². The Kier molecular flexibility index (Phi) is 3.40. The van der Waals surface area contributed by atoms with E-state index in [-0.39, 0.29) is 5.60 Å². The van der Waals surface area contributed by atoms with E-state index in [2.05, 4.69) is 15.5 Å². The van der Waals surface area contributed by atoms with Gasteiger partial charge >= 0.3 is 6.01 Å². The second-order valence-electron chi connectivity index (χ2n) is 4.03. The molecule has 0 spiro atoms. The quantitative estimate of drug-likeness (QED) is 0.761. The average molecular weight is 227 g/mol. The first-order valence-electron chi connectivity index (χ1n) is 5.45. The van der Waals surface area contributed by atoms with Gasteiger partial charge in [0.05, 0.1) is 6.61 Å². The first-order chi connectivity index (χ1) is 7.74. The maximum atomic E-state index is 5.63. The Morgan fingerprint density at radius 1 is 1.56 bits per heavy atom. The van der Waals surface area contributed by atoms with Crippen LogP contribution in [0.2, 0.25) is 0 Å². The van der Waals surface area contributed by atoms with Crippen molar-refractivity contribution in [1.82, 2.24) is 10.1 Å². The summed E-state index contributed by atoms with van der Waals surface area (Å²) in [7, 11) is 1.65. The average Bonchev–Trinajstić information content (AvgIpc) is 2.88. The minimum absolute atomic E-state index is 0.384. The molecule has 2 rings (SSSR count). The molecule has 0 amide bonds. The van der Waals surface area contributed by atoms with Crippen LogP contribution in [0.4, 0.5) is 6.01 Å². The number of rotatable bonds is 5. The van der Waals surface area contributed by atoms with E-state index in [9.17, 15) is 0 Å². The molecule has 90 valence electrons. The zero-order chi connectivity index (χ0) is 11.4. The molecular weight excluding hydrogens is 210 g/mol. The van der Waals surface area contributed by atoms with E-state index >= 15 is 0 Å². The zero-order valence-electron chi connectivity index (χ0n) is 9.65. The fraction of sp³-hybridized carbons (Fsp3) is 0.800. The van der Waals surface area contributed by atoms with Crippen LogP contribution in [0, 0.1) is 0 Å². The number of aromatic nitrogens is 2. The first kappa shape index (κ1) is 11.3. The van der Waals surface area contributed by atoms with Crippen molar-refractivity contribution in [3.63, 3.8) is 0 Å². The number of methoxy groups -OCH3 is 1. The molecule has 6 nitrogen and oxygen atoms in total. The Morgan fingerprint density at radius 3 is 3.12 bits per heavy atom. The number of nitrogens with zero attached hydrogens (tertiary/aromatic N) is 2. The lowest BCUT2D eigenvalue weighted by atomic mass is 10.0. The predicted molar refractivity (Wildman–Crippen MR) is 57.2 cm³/mol. The van der Waals surface area contributed by atoms with Crippen LogP contribution in [-0.4, -0.2) is 37.0 Å². The molecule has 0 aliphatic carbocycles. The van der Waals surface area contributed by atoms with Gasteiger partial charge in [-0.05, 0) is 19.8 Å². The topological polar surface area (TPSA) is 69.4 Å². The van der Waals surface area contributed by atoms with Crippen molar-refractivity contribution in [2.75, 3.05) is 32.2 Å². The highest BCUT2D eigenvalue weighted by atomic mass is 16.5. The summed E-state index contributed by atoms with van der Waals surface area (Å²) < 4.78 is 15.6. The molecule has 0 radical (unpaired) electrons. The Hall–Kier alpha value is -1.14. The van der Waals surface area contributed by atoms with Gasteiger partial charge in [0.15, 0.2) is 0 Å². The summed E-state index contributed by atoms with van der Waals surface area (Å²) in [5, 5.41) is 6.92. The molecule has 0 aromatic carbocycles. The van der Waals surface area contributed by atoms with Crippen molar-refractivity contribution in [3.05, 3.63) is 5.82 Å². The van der Waals surface area contributed by atoms with Gasteiger partial charge in [-0.1, -0.05) is 5.16 Å². The monoisotopic (exact) mass is 227 g/mol. The molecule has 6 heteroatoms. The van der Waals surface area contributed by atoms with Crippen LogP contribution in [0.15, 0.2) is 4.52 Å². The SMILES string of the molecule is COCCNc1nc(C2(C)CCCO2)no1. The van der Waals surface area contributed by atoms with Gasteiger partial charge in [0.1, 0.15) is 5.60 Å². The molecular formula is C10H17N3O3. The van der Waals surface area contributed by atoms with Gasteiger partial charge in [-0.2, -0.15) is 4.98 Å². The Morgan fingerprint density at radius 2 is 2.44 bits per heavy atom. The highest BCUT2D eigenvalue weighted by molar-refractivity contribution is 5.20. The largest absolute Gasteiger partial charge is 0.383 e. The minimum atomic E-state index is -0.384. The third-order valence-corrected chi connectivity index (χ3v) is 2.70. The molecule has 1 aromatic rings. The predicted octanol–water partition coefficient (Wildman–Crippen LogP) is 1.15. The number of hydrogen-bond donors (Lipinski definition) is 1. The van der Waals surface area contributed by atoms with Crippen molar-refractivity contribution in [2.45, 2.75) is 25.4 Å². The van der Waals surface area contributed by atoms with Gasteiger partial charge in [-0.15, -0.1) is 0 Å². The third-order valence-electron chi connectivity index (χ3n) is 2.70. The lowest BCUT2D eigenvalue weighted by molar-refractivity contribution is 0.00768. The molecule has 1 saturated heterocycles. The van der Waals surface area contributed by atoms with Crippen molar-refractivity contribution >= 4 is 6.01 Å². The van der Waals surface area contributed by atoms with Crippen LogP contribution < -0.4 is 5.32 Å². The van der Waals surface area contributed by atoms with Gasteiger partial charge < -0.3 is 19.3 Å². The molecule has 1 unspecified atom stereocenters. The second kappa shape index (κ2) is 4.80. The normalized spacial score (nSPS) is 24.9. The molecule has 1 aromatic heterocycles. The molecule has 1 aliphatic rings. The molecule has 1 N–H and O–H groups in total. The standard InChI is InChI=1S/C10H17N3O3/c1-10(4-3-6-15-10)8-12-9(16-13-8)11-5-7-14-2/h3-7H2,1-2H3,(H,11,12,13). The fourth-order valence-electron chi connectivity index (χ4n) is 1.73. The van der Waals surface area contributed by atoms with Crippen LogP contribution in [-0.2, 0) is 15.1 Å². The molecule has 16 heavy (non-hydrogen) atoms. The summed E-state index contributed by atoms with van der Waals surface area (Å²) in [5.74, 6) is 0.616. The van der Waals surface area contributed by atoms with Gasteiger partial charge in [0.25, 0.3) is 0 Å². The molecule has 1 aliphatic heterocycles. The van der Waals surface area contributed by atoms with E-state index in [0.29, 0.717) is 25.0 Å². The second-order valence-corrected chi connectivity index (χ2v) is 4.03. The number of anilines is 1. The highest BCUT2D eigenvalue weighted by Gasteiger charge is 2.36. The van der Waals surface area contributed by atoms with Crippen molar-refractivity contribution in [3.8, 4) is 0 Å². The van der Waals surface area contributed by atoms with E-state index in [0.717, 1.165) is 19.4 Å². The van der Waals surface area contributed by atoms with E-state index in [1.54, 1.807) is 7.11 Å². The lowest BCUT2D eigenvalue weighted by Crippen LogP contribution is -2.21. The van der Waals surface area contributed by atoms with E-state index in [1.165, 1.54) is 0 Å². The summed E-state index contributed by atoms with van der Waals surface area (Å²) in [4.78, 5) is 4.27. The summed E-state index contributed by atoms with van der Waals surface area (Å²) in [6, 6.07) is 0.420. The van der Waals surface area contributed by atoms with Crippen LogP contribution >= 0.6 is 0 Å². The van der Waals surface area contributed by atoms with Crippen molar-refractivity contribution < 1.29 is 14.0 Å². The van der Waals surface area contributed by atoms with Gasteiger partial charge in [0, 0.05) is 20.3 Å². The summed E-state index contributed by atoms with van der Waals surface area (Å²) in [6.07, 6.45) is 1.97. The summed E-state index contributed by atoms with van der Waals surface area (Å²) in [6.45, 7) is 4.00. The fourth-order valence-corrected chi connectivity index (χ4v) is 1.73. The number of hydrogen-bond acceptors (Lipinski definition) is 6. The Labute approximate surface area is 94.3 Å². The third kappa shape index (κ3) is 2.33. The molecule has 1 fully saturated rings. The van der Waals surface area contributed by atoms with Crippen LogP contribution in [0.25, 0.3) is 0 Å². The van der Waals surface area contributed by atoms with Crippen molar-refractivity contribution in [1.29, 1.82) is 0 Å². The maximum absolute atomic E-state index is 5.63. The Bertz CT molecular complexity index is 334. The van der Waals surface area contributed by atoms with Crippen LogP contribution in [0.5, 0.6) is 0 Å². The first-order valence-corrected chi connectivity index (χ1v) is 5.45. The van der Waals surface area contributed by atoms with Crippen molar-refractivity contribution in [2.24, 2.45) is 0 Å². The summed E-state index contributed by atoms with van der Waals surface area (Å²) in [5.41, 5.74) is -0.384. The summed E-state index contributed by atoms with van der Waals surface area (Å²) >= 11 is 0. The lowest BCUT2D eigenvalue weighted by Gasteiger charge is -2.17. The van der Waals surface area contributed by atoms with Crippen LogP contribution in [0.1, 0.15) is 25.6 Å². The van der Waals surface area contributed by atoms with E-state index in [4.69, 9.17) is 14.0 Å². The molecule has 1 atom stereocenters. The van der Waals surface area contributed by atoms with E-state index < -0.39 is 0 Å². The highest BCUT2D eigenvalue weighted by Crippen LogP contribution is 2.33. The van der Waals surface area contributed by atoms with Gasteiger partial charge in [0.2, 0.25) is 5.82 Å². The van der Waals surface area contributed by atoms with Gasteiger partial charge in [-0.25, -0.2) is 0 Å². The molecule has 0 bridgehead atoms. The smallest absolute Gasteiger partial charge is 0.321 e. The van der Waals surface area contributed by atoms with Gasteiger partial charge in [-0.3, -0.25) is 0 Å². The number of ether oxygens (including phenoxy) is 2. The molecule has 0 saturated carbocycles. The minimum Gasteiger partial charge on any atom is -0.383 e. The zero-order valence-corrected chi connectivity index (χ0v) is 9.65. The Balaban J connectivity index is 1.96. The molecule has 2 heterocycles.